The molecule has 76 valence electrons. The first-order chi connectivity index (χ1) is 6.59. The SMILES string of the molecule is CC(C)n1cc(C(=O)O)nc1C1CC1. The van der Waals surface area contributed by atoms with Gasteiger partial charge in [0.2, 0.25) is 0 Å². The van der Waals surface area contributed by atoms with E-state index in [1.165, 1.54) is 0 Å². The second kappa shape index (κ2) is 3.12. The predicted octanol–water partition coefficient (Wildman–Crippen LogP) is 2.04. The Morgan fingerprint density at radius 3 is 2.71 bits per heavy atom. The lowest BCUT2D eigenvalue weighted by atomic mass is 10.3. The van der Waals surface area contributed by atoms with Crippen molar-refractivity contribution in [3.8, 4) is 0 Å². The summed E-state index contributed by atoms with van der Waals surface area (Å²) in [6, 6.07) is 0.284. The van der Waals surface area contributed by atoms with Gasteiger partial charge >= 0.3 is 5.97 Å². The van der Waals surface area contributed by atoms with Crippen molar-refractivity contribution < 1.29 is 9.90 Å². The first kappa shape index (κ1) is 9.24. The van der Waals surface area contributed by atoms with Crippen molar-refractivity contribution in [2.45, 2.75) is 38.6 Å². The van der Waals surface area contributed by atoms with Crippen molar-refractivity contribution in [3.05, 3.63) is 17.7 Å². The van der Waals surface area contributed by atoms with E-state index < -0.39 is 5.97 Å². The Kier molecular flexibility index (Phi) is 2.06. The van der Waals surface area contributed by atoms with Crippen LogP contribution in [0.1, 0.15) is 55.0 Å². The van der Waals surface area contributed by atoms with Gasteiger partial charge in [-0.15, -0.1) is 0 Å². The Hall–Kier alpha value is -1.32. The van der Waals surface area contributed by atoms with E-state index >= 15 is 0 Å². The summed E-state index contributed by atoms with van der Waals surface area (Å²) in [5, 5.41) is 8.83. The molecule has 1 aromatic rings. The first-order valence-electron chi connectivity index (χ1n) is 4.91. The maximum atomic E-state index is 10.8. The fraction of sp³-hybridized carbons (Fsp3) is 0.600. The van der Waals surface area contributed by atoms with Gasteiger partial charge < -0.3 is 9.67 Å². The fourth-order valence-electron chi connectivity index (χ4n) is 1.57. The molecule has 1 fully saturated rings. The molecule has 0 aromatic carbocycles. The third-order valence-electron chi connectivity index (χ3n) is 2.48. The molecule has 1 saturated carbocycles. The number of rotatable bonds is 3. The minimum absolute atomic E-state index is 0.167. The molecule has 4 heteroatoms. The highest BCUT2D eigenvalue weighted by Crippen LogP contribution is 2.40. The van der Waals surface area contributed by atoms with Crippen molar-refractivity contribution in [2.75, 3.05) is 0 Å². The molecule has 1 N–H and O–H groups in total. The predicted molar refractivity (Wildman–Crippen MR) is 51.5 cm³/mol. The second-order valence-corrected chi connectivity index (χ2v) is 4.06. The van der Waals surface area contributed by atoms with E-state index in [4.69, 9.17) is 5.11 Å². The number of hydrogen-bond acceptors (Lipinski definition) is 2. The molecule has 0 atom stereocenters. The number of imidazole rings is 1. The van der Waals surface area contributed by atoms with Crippen LogP contribution in [0, 0.1) is 0 Å². The number of aromatic nitrogens is 2. The largest absolute Gasteiger partial charge is 0.476 e. The summed E-state index contributed by atoms with van der Waals surface area (Å²) in [7, 11) is 0. The van der Waals surface area contributed by atoms with Gasteiger partial charge in [0.1, 0.15) is 5.82 Å². The number of hydrogen-bond donors (Lipinski definition) is 1. The normalized spacial score (nSPS) is 16.2. The van der Waals surface area contributed by atoms with E-state index in [1.807, 2.05) is 18.4 Å². The Morgan fingerprint density at radius 1 is 1.64 bits per heavy atom. The van der Waals surface area contributed by atoms with Gasteiger partial charge in [-0.05, 0) is 26.7 Å². The van der Waals surface area contributed by atoms with Crippen molar-refractivity contribution in [2.24, 2.45) is 0 Å². The maximum Gasteiger partial charge on any atom is 0.356 e. The molecular weight excluding hydrogens is 180 g/mol. The third-order valence-corrected chi connectivity index (χ3v) is 2.48. The van der Waals surface area contributed by atoms with E-state index in [9.17, 15) is 4.79 Å². The van der Waals surface area contributed by atoms with Crippen LogP contribution >= 0.6 is 0 Å². The lowest BCUT2D eigenvalue weighted by molar-refractivity contribution is 0.0691. The summed E-state index contributed by atoms with van der Waals surface area (Å²) in [5.74, 6) is 0.495. The number of carboxylic acid groups (broad SMARTS) is 1. The van der Waals surface area contributed by atoms with Crippen LogP contribution in [0.5, 0.6) is 0 Å². The molecule has 1 aromatic heterocycles. The molecule has 0 unspecified atom stereocenters. The highest BCUT2D eigenvalue weighted by Gasteiger charge is 2.30. The lowest BCUT2D eigenvalue weighted by Gasteiger charge is -2.09. The zero-order valence-corrected chi connectivity index (χ0v) is 8.40. The molecule has 0 spiro atoms. The molecule has 0 amide bonds. The van der Waals surface area contributed by atoms with Gasteiger partial charge in [0.25, 0.3) is 0 Å². The zero-order chi connectivity index (χ0) is 10.3. The van der Waals surface area contributed by atoms with Crippen LogP contribution in [0.15, 0.2) is 6.20 Å². The summed E-state index contributed by atoms with van der Waals surface area (Å²) in [5.41, 5.74) is 0.167. The Bertz CT molecular complexity index is 345. The summed E-state index contributed by atoms with van der Waals surface area (Å²) in [6.45, 7) is 4.08. The number of carboxylic acids is 1. The summed E-state index contributed by atoms with van der Waals surface area (Å²) < 4.78 is 1.97. The van der Waals surface area contributed by atoms with Gasteiger partial charge in [-0.25, -0.2) is 9.78 Å². The summed E-state index contributed by atoms with van der Waals surface area (Å²) in [6.07, 6.45) is 3.92. The molecule has 0 saturated heterocycles. The first-order valence-corrected chi connectivity index (χ1v) is 4.91. The van der Waals surface area contributed by atoms with Gasteiger partial charge in [0, 0.05) is 18.2 Å². The fourth-order valence-corrected chi connectivity index (χ4v) is 1.57. The standard InChI is InChI=1S/C10H14N2O2/c1-6(2)12-5-8(10(13)14)11-9(12)7-3-4-7/h5-7H,3-4H2,1-2H3,(H,13,14). The minimum atomic E-state index is -0.939. The van der Waals surface area contributed by atoms with E-state index in [0.29, 0.717) is 5.92 Å². The highest BCUT2D eigenvalue weighted by atomic mass is 16.4. The minimum Gasteiger partial charge on any atom is -0.476 e. The molecule has 1 aliphatic rings. The van der Waals surface area contributed by atoms with Crippen LogP contribution in [0.25, 0.3) is 0 Å². The maximum absolute atomic E-state index is 10.8. The second-order valence-electron chi connectivity index (χ2n) is 4.06. The van der Waals surface area contributed by atoms with Gasteiger partial charge in [0.15, 0.2) is 5.69 Å². The monoisotopic (exact) mass is 194 g/mol. The van der Waals surface area contributed by atoms with Crippen molar-refractivity contribution in [3.63, 3.8) is 0 Å². The van der Waals surface area contributed by atoms with E-state index in [0.717, 1.165) is 18.7 Å². The molecular formula is C10H14N2O2. The van der Waals surface area contributed by atoms with E-state index in [-0.39, 0.29) is 11.7 Å². The smallest absolute Gasteiger partial charge is 0.356 e. The quantitative estimate of drug-likeness (QED) is 0.801. The average molecular weight is 194 g/mol. The van der Waals surface area contributed by atoms with Crippen LogP contribution in [-0.4, -0.2) is 20.6 Å². The van der Waals surface area contributed by atoms with Crippen LogP contribution in [0.2, 0.25) is 0 Å². The Morgan fingerprint density at radius 2 is 2.29 bits per heavy atom. The zero-order valence-electron chi connectivity index (χ0n) is 8.40. The van der Waals surface area contributed by atoms with Crippen molar-refractivity contribution >= 4 is 5.97 Å². The molecule has 4 nitrogen and oxygen atoms in total. The van der Waals surface area contributed by atoms with Gasteiger partial charge in [-0.2, -0.15) is 0 Å². The summed E-state index contributed by atoms with van der Waals surface area (Å²) >= 11 is 0. The van der Waals surface area contributed by atoms with Crippen LogP contribution in [0.4, 0.5) is 0 Å². The lowest BCUT2D eigenvalue weighted by Crippen LogP contribution is -2.03. The molecule has 0 bridgehead atoms. The molecule has 0 radical (unpaired) electrons. The van der Waals surface area contributed by atoms with Gasteiger partial charge in [-0.3, -0.25) is 0 Å². The number of carbonyl (C=O) groups is 1. The van der Waals surface area contributed by atoms with Crippen LogP contribution in [0.3, 0.4) is 0 Å². The third kappa shape index (κ3) is 1.52. The number of aromatic carboxylic acids is 1. The molecule has 0 aliphatic heterocycles. The van der Waals surface area contributed by atoms with Crippen LogP contribution < -0.4 is 0 Å². The molecule has 2 rings (SSSR count). The average Bonchev–Trinajstić information content (AvgIpc) is 2.83. The molecule has 1 aliphatic carbocycles. The Balaban J connectivity index is 2.40. The Labute approximate surface area is 82.6 Å². The van der Waals surface area contributed by atoms with Crippen LogP contribution in [-0.2, 0) is 0 Å². The van der Waals surface area contributed by atoms with Gasteiger partial charge in [-0.1, -0.05) is 0 Å². The van der Waals surface area contributed by atoms with Gasteiger partial charge in [0.05, 0.1) is 0 Å². The summed E-state index contributed by atoms with van der Waals surface area (Å²) in [4.78, 5) is 14.9. The molecule has 14 heavy (non-hydrogen) atoms. The number of nitrogens with zero attached hydrogens (tertiary/aromatic N) is 2. The van der Waals surface area contributed by atoms with Crippen molar-refractivity contribution in [1.29, 1.82) is 0 Å². The topological polar surface area (TPSA) is 55.1 Å². The highest BCUT2D eigenvalue weighted by molar-refractivity contribution is 5.85. The molecule has 1 heterocycles. The van der Waals surface area contributed by atoms with E-state index in [2.05, 4.69) is 4.98 Å². The van der Waals surface area contributed by atoms with E-state index in [1.54, 1.807) is 6.20 Å². The van der Waals surface area contributed by atoms with Crippen molar-refractivity contribution in [1.82, 2.24) is 9.55 Å².